The van der Waals surface area contributed by atoms with Crippen molar-refractivity contribution < 1.29 is 4.39 Å². The highest BCUT2D eigenvalue weighted by atomic mass is 35.5. The van der Waals surface area contributed by atoms with E-state index in [0.717, 1.165) is 11.1 Å². The van der Waals surface area contributed by atoms with Crippen molar-refractivity contribution in [3.05, 3.63) is 56.8 Å². The Hall–Kier alpha value is -0.760. The number of aryl methyl sites for hydroxylation is 1. The van der Waals surface area contributed by atoms with E-state index in [0.29, 0.717) is 20.6 Å². The van der Waals surface area contributed by atoms with Gasteiger partial charge in [0, 0.05) is 10.6 Å². The molecule has 0 N–H and O–H groups in total. The molecule has 0 aliphatic carbocycles. The fourth-order valence-corrected chi connectivity index (χ4v) is 2.21. The Bertz CT molecular complexity index is 579. The molecule has 88 valence electrons. The molecular weight excluding hydrogens is 282 g/mol. The molecule has 0 heterocycles. The molecule has 0 aromatic heterocycles. The molecular formula is C13H8Cl3F. The third kappa shape index (κ3) is 2.57. The molecule has 0 unspecified atom stereocenters. The summed E-state index contributed by atoms with van der Waals surface area (Å²) in [5.74, 6) is -0.245. The molecule has 0 aliphatic heterocycles. The van der Waals surface area contributed by atoms with Crippen LogP contribution in [0.4, 0.5) is 4.39 Å². The molecule has 0 spiro atoms. The first-order valence-electron chi connectivity index (χ1n) is 4.90. The van der Waals surface area contributed by atoms with Gasteiger partial charge in [0.25, 0.3) is 0 Å². The molecule has 4 heteroatoms. The monoisotopic (exact) mass is 288 g/mol. The SMILES string of the molecule is Cc1cc(-c2cc(Cl)c(Cl)cc2Cl)ccc1F. The minimum Gasteiger partial charge on any atom is -0.207 e. The lowest BCUT2D eigenvalue weighted by molar-refractivity contribution is 0.619. The fourth-order valence-electron chi connectivity index (χ4n) is 1.56. The molecule has 17 heavy (non-hydrogen) atoms. The molecule has 0 saturated carbocycles. The number of rotatable bonds is 1. The number of halogens is 4. The third-order valence-corrected chi connectivity index (χ3v) is 3.51. The van der Waals surface area contributed by atoms with Crippen molar-refractivity contribution in [3.63, 3.8) is 0 Å². The van der Waals surface area contributed by atoms with Crippen LogP contribution in [0, 0.1) is 12.7 Å². The highest BCUT2D eigenvalue weighted by Gasteiger charge is 2.09. The van der Waals surface area contributed by atoms with Gasteiger partial charge in [0.1, 0.15) is 5.82 Å². The number of hydrogen-bond acceptors (Lipinski definition) is 0. The molecule has 0 nitrogen and oxygen atoms in total. The maximum atomic E-state index is 13.2. The second-order valence-corrected chi connectivity index (χ2v) is 4.93. The van der Waals surface area contributed by atoms with E-state index in [1.807, 2.05) is 0 Å². The Morgan fingerprint density at radius 3 is 2.18 bits per heavy atom. The highest BCUT2D eigenvalue weighted by molar-refractivity contribution is 6.44. The predicted octanol–water partition coefficient (Wildman–Crippen LogP) is 5.76. The third-order valence-electron chi connectivity index (χ3n) is 2.48. The predicted molar refractivity (Wildman–Crippen MR) is 71.6 cm³/mol. The summed E-state index contributed by atoms with van der Waals surface area (Å²) in [6.07, 6.45) is 0. The summed E-state index contributed by atoms with van der Waals surface area (Å²) in [6.45, 7) is 1.70. The Morgan fingerprint density at radius 2 is 1.53 bits per heavy atom. The van der Waals surface area contributed by atoms with Crippen LogP contribution in [0.15, 0.2) is 30.3 Å². The Labute approximate surface area is 114 Å². The zero-order valence-corrected chi connectivity index (χ0v) is 11.2. The first-order chi connectivity index (χ1) is 7.99. The van der Waals surface area contributed by atoms with E-state index in [1.165, 1.54) is 6.07 Å². The van der Waals surface area contributed by atoms with Crippen LogP contribution >= 0.6 is 34.8 Å². The molecule has 0 amide bonds. The molecule has 0 atom stereocenters. The Balaban J connectivity index is 2.60. The van der Waals surface area contributed by atoms with Gasteiger partial charge in [-0.2, -0.15) is 0 Å². The van der Waals surface area contributed by atoms with Gasteiger partial charge in [-0.3, -0.25) is 0 Å². The van der Waals surface area contributed by atoms with Crippen LogP contribution in [-0.2, 0) is 0 Å². The lowest BCUT2D eigenvalue weighted by atomic mass is 10.0. The van der Waals surface area contributed by atoms with Crippen LogP contribution in [0.2, 0.25) is 15.1 Å². The van der Waals surface area contributed by atoms with E-state index in [2.05, 4.69) is 0 Å². The van der Waals surface area contributed by atoms with Gasteiger partial charge >= 0.3 is 0 Å². The summed E-state index contributed by atoms with van der Waals surface area (Å²) in [6, 6.07) is 8.05. The molecule has 0 fully saturated rings. The van der Waals surface area contributed by atoms with Gasteiger partial charge < -0.3 is 0 Å². The first kappa shape index (κ1) is 12.7. The maximum absolute atomic E-state index is 13.2. The normalized spacial score (nSPS) is 10.6. The van der Waals surface area contributed by atoms with E-state index in [9.17, 15) is 4.39 Å². The van der Waals surface area contributed by atoms with Crippen LogP contribution in [0.5, 0.6) is 0 Å². The minimum atomic E-state index is -0.245. The van der Waals surface area contributed by atoms with E-state index in [1.54, 1.807) is 31.2 Å². The summed E-state index contributed by atoms with van der Waals surface area (Å²) in [5.41, 5.74) is 2.11. The Morgan fingerprint density at radius 1 is 0.882 bits per heavy atom. The topological polar surface area (TPSA) is 0 Å². The van der Waals surface area contributed by atoms with Crippen molar-refractivity contribution in [2.75, 3.05) is 0 Å². The second-order valence-electron chi connectivity index (χ2n) is 3.71. The summed E-state index contributed by atoms with van der Waals surface area (Å²) in [5, 5.41) is 1.32. The molecule has 2 aromatic carbocycles. The van der Waals surface area contributed by atoms with Crippen molar-refractivity contribution >= 4 is 34.8 Å². The van der Waals surface area contributed by atoms with Crippen LogP contribution in [-0.4, -0.2) is 0 Å². The lowest BCUT2D eigenvalue weighted by Crippen LogP contribution is -1.86. The lowest BCUT2D eigenvalue weighted by Gasteiger charge is -2.08. The van der Waals surface area contributed by atoms with E-state index >= 15 is 0 Å². The van der Waals surface area contributed by atoms with Gasteiger partial charge in [-0.15, -0.1) is 0 Å². The molecule has 0 aliphatic rings. The summed E-state index contributed by atoms with van der Waals surface area (Å²) in [4.78, 5) is 0. The van der Waals surface area contributed by atoms with Gasteiger partial charge in [-0.25, -0.2) is 4.39 Å². The average molecular weight is 290 g/mol. The first-order valence-corrected chi connectivity index (χ1v) is 6.03. The fraction of sp³-hybridized carbons (Fsp3) is 0.0769. The van der Waals surface area contributed by atoms with Gasteiger partial charge in [-0.05, 0) is 42.3 Å². The van der Waals surface area contributed by atoms with E-state index < -0.39 is 0 Å². The minimum absolute atomic E-state index is 0.245. The summed E-state index contributed by atoms with van der Waals surface area (Å²) < 4.78 is 13.2. The van der Waals surface area contributed by atoms with Gasteiger partial charge in [0.15, 0.2) is 0 Å². The molecule has 0 saturated heterocycles. The summed E-state index contributed by atoms with van der Waals surface area (Å²) >= 11 is 17.9. The molecule has 2 aromatic rings. The van der Waals surface area contributed by atoms with Crippen molar-refractivity contribution in [3.8, 4) is 11.1 Å². The van der Waals surface area contributed by atoms with Gasteiger partial charge in [0.05, 0.1) is 10.0 Å². The zero-order chi connectivity index (χ0) is 12.6. The maximum Gasteiger partial charge on any atom is 0.126 e. The van der Waals surface area contributed by atoms with E-state index in [-0.39, 0.29) is 5.82 Å². The van der Waals surface area contributed by atoms with Crippen LogP contribution < -0.4 is 0 Å². The van der Waals surface area contributed by atoms with Crippen LogP contribution in [0.3, 0.4) is 0 Å². The largest absolute Gasteiger partial charge is 0.207 e. The van der Waals surface area contributed by atoms with Crippen molar-refractivity contribution in [2.24, 2.45) is 0 Å². The van der Waals surface area contributed by atoms with Crippen molar-refractivity contribution in [2.45, 2.75) is 6.92 Å². The standard InChI is InChI=1S/C13H8Cl3F/c1-7-4-8(2-3-13(7)17)9-5-11(15)12(16)6-10(9)14/h2-6H,1H3. The summed E-state index contributed by atoms with van der Waals surface area (Å²) in [7, 11) is 0. The van der Waals surface area contributed by atoms with Crippen LogP contribution in [0.1, 0.15) is 5.56 Å². The van der Waals surface area contributed by atoms with Gasteiger partial charge in [-0.1, -0.05) is 40.9 Å². The quantitative estimate of drug-likeness (QED) is 0.585. The second kappa shape index (κ2) is 4.85. The average Bonchev–Trinajstić information content (AvgIpc) is 2.27. The van der Waals surface area contributed by atoms with Crippen molar-refractivity contribution in [1.29, 1.82) is 0 Å². The molecule has 2 rings (SSSR count). The smallest absolute Gasteiger partial charge is 0.126 e. The molecule has 0 radical (unpaired) electrons. The Kier molecular flexibility index (Phi) is 3.62. The zero-order valence-electron chi connectivity index (χ0n) is 8.90. The highest BCUT2D eigenvalue weighted by Crippen LogP contribution is 2.35. The molecule has 0 bridgehead atoms. The number of hydrogen-bond donors (Lipinski definition) is 0. The van der Waals surface area contributed by atoms with Crippen LogP contribution in [0.25, 0.3) is 11.1 Å². The van der Waals surface area contributed by atoms with Gasteiger partial charge in [0.2, 0.25) is 0 Å². The number of benzene rings is 2. The van der Waals surface area contributed by atoms with E-state index in [4.69, 9.17) is 34.8 Å². The van der Waals surface area contributed by atoms with Crippen molar-refractivity contribution in [1.82, 2.24) is 0 Å².